The van der Waals surface area contributed by atoms with Crippen LogP contribution in [0.4, 0.5) is 0 Å². The first kappa shape index (κ1) is 18.8. The minimum absolute atomic E-state index is 0.159. The van der Waals surface area contributed by atoms with E-state index in [9.17, 15) is 4.79 Å². The average molecular weight is 358 g/mol. The number of piperidine rings is 1. The number of hydrogen-bond donors (Lipinski definition) is 1. The summed E-state index contributed by atoms with van der Waals surface area (Å²) in [7, 11) is 1.63. The number of rotatable bonds is 5. The summed E-state index contributed by atoms with van der Waals surface area (Å²) in [5, 5.41) is 4.07. The number of amides is 1. The maximum absolute atomic E-state index is 12.8. The van der Waals surface area contributed by atoms with Crippen molar-refractivity contribution in [3.63, 3.8) is 0 Å². The summed E-state index contributed by atoms with van der Waals surface area (Å²) in [4.78, 5) is 15.3. The van der Waals surface area contributed by atoms with Gasteiger partial charge in [-0.15, -0.1) is 0 Å². The van der Waals surface area contributed by atoms with Crippen molar-refractivity contribution in [1.82, 2.24) is 10.2 Å². The second-order valence-electron chi connectivity index (χ2n) is 8.21. The van der Waals surface area contributed by atoms with Crippen LogP contribution in [0, 0.1) is 12.8 Å². The van der Waals surface area contributed by atoms with Crippen molar-refractivity contribution in [2.24, 2.45) is 5.92 Å². The van der Waals surface area contributed by atoms with Gasteiger partial charge in [0.05, 0.1) is 7.11 Å². The van der Waals surface area contributed by atoms with E-state index in [4.69, 9.17) is 9.15 Å². The lowest BCUT2D eigenvalue weighted by molar-refractivity contribution is 0.0841. The first-order valence-electron chi connectivity index (χ1n) is 9.41. The molecule has 3 rings (SSSR count). The van der Waals surface area contributed by atoms with Crippen molar-refractivity contribution in [2.45, 2.75) is 46.1 Å². The summed E-state index contributed by atoms with van der Waals surface area (Å²) in [5.74, 6) is 1.79. The number of likely N-dealkylation sites (tertiary alicyclic amines) is 1. The number of furan rings is 1. The number of aryl methyl sites for hydroxylation is 1. The van der Waals surface area contributed by atoms with Crippen LogP contribution in [-0.2, 0) is 0 Å². The topological polar surface area (TPSA) is 54.7 Å². The zero-order chi connectivity index (χ0) is 18.9. The number of carbonyl (C=O) groups is 1. The van der Waals surface area contributed by atoms with Gasteiger partial charge in [0.15, 0.2) is 5.76 Å². The van der Waals surface area contributed by atoms with Crippen molar-refractivity contribution in [3.8, 4) is 5.75 Å². The first-order valence-corrected chi connectivity index (χ1v) is 9.41. The van der Waals surface area contributed by atoms with E-state index in [1.165, 1.54) is 12.8 Å². The van der Waals surface area contributed by atoms with Gasteiger partial charge < -0.3 is 19.4 Å². The Morgan fingerprint density at radius 3 is 2.69 bits per heavy atom. The van der Waals surface area contributed by atoms with Crippen LogP contribution in [0.3, 0.4) is 0 Å². The molecular weight excluding hydrogens is 328 g/mol. The Morgan fingerprint density at radius 2 is 2.04 bits per heavy atom. The fourth-order valence-corrected chi connectivity index (χ4v) is 3.73. The molecule has 1 aliphatic rings. The summed E-state index contributed by atoms with van der Waals surface area (Å²) >= 11 is 0. The predicted molar refractivity (Wildman–Crippen MR) is 104 cm³/mol. The van der Waals surface area contributed by atoms with Gasteiger partial charge in [-0.1, -0.05) is 6.92 Å². The van der Waals surface area contributed by atoms with Crippen molar-refractivity contribution in [3.05, 3.63) is 29.5 Å². The highest BCUT2D eigenvalue weighted by Gasteiger charge is 2.28. The third-order valence-corrected chi connectivity index (χ3v) is 5.30. The largest absolute Gasteiger partial charge is 0.497 e. The molecule has 1 amide bonds. The molecule has 5 nitrogen and oxygen atoms in total. The number of methoxy groups -OCH3 is 1. The van der Waals surface area contributed by atoms with E-state index in [2.05, 4.69) is 31.0 Å². The molecule has 5 heteroatoms. The predicted octanol–water partition coefficient (Wildman–Crippen LogP) is 3.99. The van der Waals surface area contributed by atoms with Gasteiger partial charge in [0.25, 0.3) is 5.91 Å². The lowest BCUT2D eigenvalue weighted by Crippen LogP contribution is -2.52. The maximum Gasteiger partial charge on any atom is 0.287 e. The molecule has 142 valence electrons. The Morgan fingerprint density at radius 1 is 1.35 bits per heavy atom. The van der Waals surface area contributed by atoms with Crippen LogP contribution < -0.4 is 10.1 Å². The van der Waals surface area contributed by atoms with E-state index in [0.717, 1.165) is 42.3 Å². The molecule has 0 unspecified atom stereocenters. The summed E-state index contributed by atoms with van der Waals surface area (Å²) in [6.07, 6.45) is 2.46. The molecule has 1 N–H and O–H groups in total. The molecule has 0 aliphatic carbocycles. The molecule has 0 atom stereocenters. The highest BCUT2D eigenvalue weighted by Crippen LogP contribution is 2.29. The van der Waals surface area contributed by atoms with Crippen LogP contribution in [0.5, 0.6) is 5.75 Å². The molecule has 1 aliphatic heterocycles. The summed E-state index contributed by atoms with van der Waals surface area (Å²) < 4.78 is 11.1. The molecule has 0 saturated carbocycles. The standard InChI is InChI=1S/C21H30N2O3/c1-14-8-10-23(11-9-14)13-21(3,4)22-20(24)19-15(2)17-12-16(25-5)6-7-18(17)26-19/h6-7,12,14H,8-11,13H2,1-5H3,(H,22,24). The van der Waals surface area contributed by atoms with E-state index >= 15 is 0 Å². The minimum Gasteiger partial charge on any atom is -0.497 e. The van der Waals surface area contributed by atoms with Gasteiger partial charge in [0.1, 0.15) is 11.3 Å². The van der Waals surface area contributed by atoms with Crippen LogP contribution in [0.1, 0.15) is 49.7 Å². The lowest BCUT2D eigenvalue weighted by atomic mass is 9.96. The van der Waals surface area contributed by atoms with Crippen LogP contribution in [-0.4, -0.2) is 43.1 Å². The zero-order valence-corrected chi connectivity index (χ0v) is 16.5. The molecule has 26 heavy (non-hydrogen) atoms. The molecular formula is C21H30N2O3. The summed E-state index contributed by atoms with van der Waals surface area (Å²) in [5.41, 5.74) is 1.23. The fraction of sp³-hybridized carbons (Fsp3) is 0.571. The van der Waals surface area contributed by atoms with Crippen LogP contribution >= 0.6 is 0 Å². The Kier molecular flexibility index (Phi) is 5.28. The molecule has 2 heterocycles. The van der Waals surface area contributed by atoms with Gasteiger partial charge in [0.2, 0.25) is 0 Å². The van der Waals surface area contributed by atoms with Crippen molar-refractivity contribution in [2.75, 3.05) is 26.7 Å². The normalized spacial score (nSPS) is 16.8. The average Bonchev–Trinajstić information content (AvgIpc) is 2.93. The lowest BCUT2D eigenvalue weighted by Gasteiger charge is -2.37. The van der Waals surface area contributed by atoms with E-state index in [0.29, 0.717) is 11.3 Å². The molecule has 0 bridgehead atoms. The van der Waals surface area contributed by atoms with E-state index in [1.807, 2.05) is 25.1 Å². The number of hydrogen-bond acceptors (Lipinski definition) is 4. The second-order valence-corrected chi connectivity index (χ2v) is 8.21. The first-order chi connectivity index (χ1) is 12.3. The number of carbonyl (C=O) groups excluding carboxylic acids is 1. The van der Waals surface area contributed by atoms with Crippen LogP contribution in [0.25, 0.3) is 11.0 Å². The molecule has 1 aromatic carbocycles. The number of nitrogens with zero attached hydrogens (tertiary/aromatic N) is 1. The third kappa shape index (κ3) is 4.04. The highest BCUT2D eigenvalue weighted by atomic mass is 16.5. The smallest absolute Gasteiger partial charge is 0.287 e. The molecule has 0 spiro atoms. The number of nitrogens with one attached hydrogen (secondary N) is 1. The van der Waals surface area contributed by atoms with Crippen molar-refractivity contribution >= 4 is 16.9 Å². The van der Waals surface area contributed by atoms with E-state index < -0.39 is 0 Å². The van der Waals surface area contributed by atoms with Gasteiger partial charge in [-0.25, -0.2) is 0 Å². The Bertz CT molecular complexity index is 786. The molecule has 1 aromatic heterocycles. The molecule has 0 radical (unpaired) electrons. The minimum atomic E-state index is -0.319. The van der Waals surface area contributed by atoms with Gasteiger partial charge in [-0.3, -0.25) is 4.79 Å². The molecule has 1 saturated heterocycles. The van der Waals surface area contributed by atoms with E-state index in [1.54, 1.807) is 7.11 Å². The van der Waals surface area contributed by atoms with Crippen molar-refractivity contribution in [1.29, 1.82) is 0 Å². The van der Waals surface area contributed by atoms with Crippen LogP contribution in [0.2, 0.25) is 0 Å². The van der Waals surface area contributed by atoms with Gasteiger partial charge in [-0.05, 0) is 70.8 Å². The number of ether oxygens (including phenoxy) is 1. The van der Waals surface area contributed by atoms with E-state index in [-0.39, 0.29) is 11.4 Å². The SMILES string of the molecule is COc1ccc2oc(C(=O)NC(C)(C)CN3CCC(C)CC3)c(C)c2c1. The monoisotopic (exact) mass is 358 g/mol. The van der Waals surface area contributed by atoms with Gasteiger partial charge in [0, 0.05) is 23.0 Å². The fourth-order valence-electron chi connectivity index (χ4n) is 3.73. The number of fused-ring (bicyclic) bond motifs is 1. The third-order valence-electron chi connectivity index (χ3n) is 5.30. The zero-order valence-electron chi connectivity index (χ0n) is 16.5. The van der Waals surface area contributed by atoms with Crippen molar-refractivity contribution < 1.29 is 13.9 Å². The quantitative estimate of drug-likeness (QED) is 0.878. The Hall–Kier alpha value is -2.01. The summed E-state index contributed by atoms with van der Waals surface area (Å²) in [6.45, 7) is 11.4. The highest BCUT2D eigenvalue weighted by molar-refractivity contribution is 5.99. The second kappa shape index (κ2) is 7.31. The van der Waals surface area contributed by atoms with Gasteiger partial charge in [-0.2, -0.15) is 0 Å². The summed E-state index contributed by atoms with van der Waals surface area (Å²) in [6, 6.07) is 5.59. The maximum atomic E-state index is 12.8. The molecule has 1 fully saturated rings. The van der Waals surface area contributed by atoms with Gasteiger partial charge >= 0.3 is 0 Å². The number of benzene rings is 1. The van der Waals surface area contributed by atoms with Crippen LogP contribution in [0.15, 0.2) is 22.6 Å². The Labute approximate surface area is 155 Å². The Balaban J connectivity index is 1.72. The molecule has 2 aromatic rings.